The minimum atomic E-state index is 0. The third-order valence-electron chi connectivity index (χ3n) is 5.52. The van der Waals surface area contributed by atoms with E-state index >= 15 is 0 Å². The zero-order valence-electron chi connectivity index (χ0n) is 20.9. The number of ether oxygens (including phenoxy) is 2. The van der Waals surface area contributed by atoms with Gasteiger partial charge in [0.2, 0.25) is 5.91 Å². The van der Waals surface area contributed by atoms with Crippen molar-refractivity contribution in [1.82, 2.24) is 20.4 Å². The highest BCUT2D eigenvalue weighted by Gasteiger charge is 2.30. The molecule has 1 fully saturated rings. The summed E-state index contributed by atoms with van der Waals surface area (Å²) in [6.45, 7) is 9.22. The fourth-order valence-corrected chi connectivity index (χ4v) is 3.83. The number of halogens is 1. The van der Waals surface area contributed by atoms with Crippen LogP contribution < -0.4 is 15.4 Å². The molecule has 2 rings (SSSR count). The molecule has 0 saturated carbocycles. The summed E-state index contributed by atoms with van der Waals surface area (Å²) in [5.41, 5.74) is 2.20. The SMILES string of the molecule is CCNC(=NCc1ccc(C)cc1OCCOC)NCCCN1CCCC1C(=O)N(C)C.I. The summed E-state index contributed by atoms with van der Waals surface area (Å²) < 4.78 is 11.0. The maximum Gasteiger partial charge on any atom is 0.239 e. The molecule has 1 saturated heterocycles. The fraction of sp³-hybridized carbons (Fsp3) is 0.667. The van der Waals surface area contributed by atoms with Gasteiger partial charge in [0, 0.05) is 46.4 Å². The number of hydrogen-bond donors (Lipinski definition) is 2. The number of aliphatic imine (C=N–C) groups is 1. The number of hydrogen-bond acceptors (Lipinski definition) is 5. The van der Waals surface area contributed by atoms with Crippen molar-refractivity contribution in [2.45, 2.75) is 45.7 Å². The minimum absolute atomic E-state index is 0. The molecule has 8 nitrogen and oxygen atoms in total. The Morgan fingerprint density at radius 3 is 2.76 bits per heavy atom. The number of guanidine groups is 1. The number of nitrogens with one attached hydrogen (secondary N) is 2. The molecular formula is C24H42IN5O3. The number of benzene rings is 1. The molecule has 1 aromatic rings. The van der Waals surface area contributed by atoms with Gasteiger partial charge in [0.15, 0.2) is 5.96 Å². The Balaban J connectivity index is 0.00000544. The fourth-order valence-electron chi connectivity index (χ4n) is 3.83. The predicted octanol–water partition coefficient (Wildman–Crippen LogP) is 2.64. The van der Waals surface area contributed by atoms with Crippen LogP contribution >= 0.6 is 24.0 Å². The van der Waals surface area contributed by atoms with Crippen LogP contribution in [-0.2, 0) is 16.1 Å². The number of methoxy groups -OCH3 is 1. The molecule has 1 amide bonds. The summed E-state index contributed by atoms with van der Waals surface area (Å²) in [5, 5.41) is 6.73. The Kier molecular flexibility index (Phi) is 14.4. The molecule has 0 aliphatic carbocycles. The second-order valence-corrected chi connectivity index (χ2v) is 8.35. The summed E-state index contributed by atoms with van der Waals surface area (Å²) in [6.07, 6.45) is 3.00. The molecule has 9 heteroatoms. The summed E-state index contributed by atoms with van der Waals surface area (Å²) in [4.78, 5) is 21.1. The summed E-state index contributed by atoms with van der Waals surface area (Å²) in [5.74, 6) is 1.86. The van der Waals surface area contributed by atoms with Crippen molar-refractivity contribution in [3.63, 3.8) is 0 Å². The number of likely N-dealkylation sites (N-methyl/N-ethyl adjacent to an activating group) is 1. The van der Waals surface area contributed by atoms with Crippen molar-refractivity contribution in [3.05, 3.63) is 29.3 Å². The van der Waals surface area contributed by atoms with E-state index in [0.29, 0.717) is 19.8 Å². The van der Waals surface area contributed by atoms with Gasteiger partial charge < -0.3 is 25.0 Å². The summed E-state index contributed by atoms with van der Waals surface area (Å²) >= 11 is 0. The first-order chi connectivity index (χ1) is 15.5. The number of carbonyl (C=O) groups excluding carboxylic acids is 1. The van der Waals surface area contributed by atoms with E-state index in [1.165, 1.54) is 0 Å². The number of rotatable bonds is 12. The van der Waals surface area contributed by atoms with Crippen LogP contribution in [0.3, 0.4) is 0 Å². The van der Waals surface area contributed by atoms with E-state index in [-0.39, 0.29) is 35.9 Å². The first-order valence-electron chi connectivity index (χ1n) is 11.6. The largest absolute Gasteiger partial charge is 0.491 e. The van der Waals surface area contributed by atoms with Crippen LogP contribution in [-0.4, -0.2) is 88.3 Å². The topological polar surface area (TPSA) is 78.4 Å². The van der Waals surface area contributed by atoms with E-state index in [2.05, 4.69) is 41.5 Å². The number of likely N-dealkylation sites (tertiary alicyclic amines) is 1. The zero-order valence-corrected chi connectivity index (χ0v) is 23.2. The lowest BCUT2D eigenvalue weighted by atomic mass is 10.1. The molecule has 1 heterocycles. The molecule has 0 radical (unpaired) electrons. The number of amides is 1. The minimum Gasteiger partial charge on any atom is -0.491 e. The van der Waals surface area contributed by atoms with Crippen LogP contribution in [0.25, 0.3) is 0 Å². The molecule has 1 aromatic carbocycles. The van der Waals surface area contributed by atoms with Gasteiger partial charge in [0.05, 0.1) is 19.2 Å². The highest BCUT2D eigenvalue weighted by Crippen LogP contribution is 2.21. The summed E-state index contributed by atoms with van der Waals surface area (Å²) in [7, 11) is 5.34. The van der Waals surface area contributed by atoms with Crippen molar-refractivity contribution in [2.24, 2.45) is 4.99 Å². The van der Waals surface area contributed by atoms with E-state index in [1.807, 2.05) is 20.2 Å². The molecule has 1 atom stereocenters. The highest BCUT2D eigenvalue weighted by atomic mass is 127. The first-order valence-corrected chi connectivity index (χ1v) is 11.6. The van der Waals surface area contributed by atoms with Gasteiger partial charge in [0.25, 0.3) is 0 Å². The first kappa shape index (κ1) is 29.4. The number of carbonyl (C=O) groups is 1. The molecule has 0 spiro atoms. The third kappa shape index (κ3) is 10.1. The van der Waals surface area contributed by atoms with Crippen LogP contribution in [0.1, 0.15) is 37.3 Å². The van der Waals surface area contributed by atoms with Crippen molar-refractivity contribution in [1.29, 1.82) is 0 Å². The van der Waals surface area contributed by atoms with Gasteiger partial charge in [-0.15, -0.1) is 24.0 Å². The van der Waals surface area contributed by atoms with Crippen molar-refractivity contribution in [2.75, 3.05) is 60.6 Å². The second kappa shape index (κ2) is 16.1. The Bertz CT molecular complexity index is 745. The molecular weight excluding hydrogens is 533 g/mol. The van der Waals surface area contributed by atoms with Crippen LogP contribution in [0.2, 0.25) is 0 Å². The Labute approximate surface area is 216 Å². The maximum absolute atomic E-state index is 12.4. The van der Waals surface area contributed by atoms with Crippen molar-refractivity contribution in [3.8, 4) is 5.75 Å². The van der Waals surface area contributed by atoms with Crippen LogP contribution in [0.15, 0.2) is 23.2 Å². The maximum atomic E-state index is 12.4. The van der Waals surface area contributed by atoms with Gasteiger partial charge in [-0.2, -0.15) is 0 Å². The lowest BCUT2D eigenvalue weighted by Crippen LogP contribution is -2.44. The Hall–Kier alpha value is -1.59. The quantitative estimate of drug-likeness (QED) is 0.173. The monoisotopic (exact) mass is 575 g/mol. The van der Waals surface area contributed by atoms with Gasteiger partial charge >= 0.3 is 0 Å². The van der Waals surface area contributed by atoms with Crippen LogP contribution in [0.5, 0.6) is 5.75 Å². The van der Waals surface area contributed by atoms with E-state index in [0.717, 1.165) is 68.3 Å². The summed E-state index contributed by atoms with van der Waals surface area (Å²) in [6, 6.07) is 6.22. The van der Waals surface area contributed by atoms with E-state index in [4.69, 9.17) is 14.5 Å². The molecule has 0 aromatic heterocycles. The van der Waals surface area contributed by atoms with Crippen LogP contribution in [0.4, 0.5) is 0 Å². The van der Waals surface area contributed by atoms with E-state index in [9.17, 15) is 4.79 Å². The van der Waals surface area contributed by atoms with Crippen LogP contribution in [0, 0.1) is 6.92 Å². The molecule has 1 aliphatic heterocycles. The zero-order chi connectivity index (χ0) is 23.3. The lowest BCUT2D eigenvalue weighted by Gasteiger charge is -2.26. The normalized spacial score (nSPS) is 16.3. The average Bonchev–Trinajstić information content (AvgIpc) is 3.23. The van der Waals surface area contributed by atoms with Gasteiger partial charge in [0.1, 0.15) is 12.4 Å². The number of nitrogens with zero attached hydrogens (tertiary/aromatic N) is 3. The average molecular weight is 576 g/mol. The van der Waals surface area contributed by atoms with E-state index < -0.39 is 0 Å². The third-order valence-corrected chi connectivity index (χ3v) is 5.52. The predicted molar refractivity (Wildman–Crippen MR) is 145 cm³/mol. The lowest BCUT2D eigenvalue weighted by molar-refractivity contribution is -0.133. The van der Waals surface area contributed by atoms with Gasteiger partial charge in [-0.3, -0.25) is 9.69 Å². The van der Waals surface area contributed by atoms with Gasteiger partial charge in [-0.05, 0) is 51.3 Å². The molecule has 2 N–H and O–H groups in total. The van der Waals surface area contributed by atoms with E-state index in [1.54, 1.807) is 12.0 Å². The Morgan fingerprint density at radius 2 is 2.06 bits per heavy atom. The molecule has 1 aliphatic rings. The standard InChI is InChI=1S/C24H41N5O3.HI/c1-6-25-24(26-12-8-14-29-13-7-9-21(29)23(30)28(3)4)27-18-20-11-10-19(2)17-22(20)32-16-15-31-5;/h10-11,17,21H,6-9,12-16,18H2,1-5H3,(H2,25,26,27);1H. The van der Waals surface area contributed by atoms with Crippen molar-refractivity contribution >= 4 is 35.8 Å². The molecule has 33 heavy (non-hydrogen) atoms. The van der Waals surface area contributed by atoms with Crippen molar-refractivity contribution < 1.29 is 14.3 Å². The smallest absolute Gasteiger partial charge is 0.239 e. The van der Waals surface area contributed by atoms with Gasteiger partial charge in [-0.25, -0.2) is 4.99 Å². The number of aryl methyl sites for hydroxylation is 1. The van der Waals surface area contributed by atoms with Gasteiger partial charge in [-0.1, -0.05) is 12.1 Å². The highest BCUT2D eigenvalue weighted by molar-refractivity contribution is 14.0. The second-order valence-electron chi connectivity index (χ2n) is 8.35. The Morgan fingerprint density at radius 1 is 1.27 bits per heavy atom. The molecule has 188 valence electrons. The molecule has 1 unspecified atom stereocenters. The molecule has 0 bridgehead atoms.